The van der Waals surface area contributed by atoms with E-state index in [1.165, 1.54) is 22.6 Å². The van der Waals surface area contributed by atoms with Gasteiger partial charge in [0, 0.05) is 12.7 Å². The summed E-state index contributed by atoms with van der Waals surface area (Å²) in [6.07, 6.45) is 1.07. The van der Waals surface area contributed by atoms with Crippen LogP contribution >= 0.6 is 22.9 Å². The molecule has 2 rings (SSSR count). The number of halogens is 1. The summed E-state index contributed by atoms with van der Waals surface area (Å²) < 4.78 is 0.495. The summed E-state index contributed by atoms with van der Waals surface area (Å²) in [4.78, 5) is 2.14. The Labute approximate surface area is 110 Å². The topological polar surface area (TPSA) is 29.0 Å². The second kappa shape index (κ2) is 5.47. The number of anilines is 1. The van der Waals surface area contributed by atoms with E-state index in [0.717, 1.165) is 18.0 Å². The molecule has 1 heterocycles. The quantitative estimate of drug-likeness (QED) is 0.850. The van der Waals surface area contributed by atoms with Gasteiger partial charge in [0.2, 0.25) is 4.47 Å². The van der Waals surface area contributed by atoms with Crippen molar-refractivity contribution >= 4 is 28.6 Å². The summed E-state index contributed by atoms with van der Waals surface area (Å²) in [7, 11) is 2.04. The van der Waals surface area contributed by atoms with E-state index in [1.807, 2.05) is 7.05 Å². The molecule has 0 N–H and O–H groups in total. The Bertz CT molecular complexity index is 481. The molecule has 0 spiro atoms. The minimum absolute atomic E-state index is 0.495. The molecule has 1 aromatic carbocycles. The minimum Gasteiger partial charge on any atom is -0.368 e. The van der Waals surface area contributed by atoms with E-state index >= 15 is 0 Å². The third-order valence-corrected chi connectivity index (χ3v) is 3.60. The van der Waals surface area contributed by atoms with E-state index in [9.17, 15) is 0 Å². The van der Waals surface area contributed by atoms with Crippen LogP contribution in [0.15, 0.2) is 24.3 Å². The monoisotopic (exact) mass is 267 g/mol. The molecule has 0 saturated carbocycles. The van der Waals surface area contributed by atoms with Gasteiger partial charge in [-0.1, -0.05) is 30.4 Å². The highest BCUT2D eigenvalue weighted by atomic mass is 35.5. The Morgan fingerprint density at radius 2 is 1.94 bits per heavy atom. The fourth-order valence-electron chi connectivity index (χ4n) is 1.58. The molecule has 90 valence electrons. The van der Waals surface area contributed by atoms with Crippen LogP contribution < -0.4 is 4.90 Å². The smallest absolute Gasteiger partial charge is 0.207 e. The average molecular weight is 268 g/mol. The van der Waals surface area contributed by atoms with Crippen LogP contribution in [0.25, 0.3) is 0 Å². The van der Waals surface area contributed by atoms with E-state index in [-0.39, 0.29) is 0 Å². The highest BCUT2D eigenvalue weighted by Gasteiger charge is 2.06. The standard InChI is InChI=1S/C12H14ClN3S/c1-3-9-4-6-10(7-5-9)16(2)8-11-14-15-12(13)17-11/h4-7H,3,8H2,1-2H3. The van der Waals surface area contributed by atoms with Gasteiger partial charge in [-0.25, -0.2) is 0 Å². The van der Waals surface area contributed by atoms with Gasteiger partial charge in [0.05, 0.1) is 6.54 Å². The zero-order valence-electron chi connectivity index (χ0n) is 9.85. The van der Waals surface area contributed by atoms with Gasteiger partial charge in [-0.05, 0) is 35.7 Å². The minimum atomic E-state index is 0.495. The van der Waals surface area contributed by atoms with E-state index in [1.54, 1.807) is 0 Å². The largest absolute Gasteiger partial charge is 0.368 e. The molecule has 0 unspecified atom stereocenters. The molecule has 1 aromatic heterocycles. The molecular formula is C12H14ClN3S. The number of benzene rings is 1. The lowest BCUT2D eigenvalue weighted by Crippen LogP contribution is -2.16. The van der Waals surface area contributed by atoms with Crippen LogP contribution in [0, 0.1) is 0 Å². The van der Waals surface area contributed by atoms with Crippen LogP contribution in [-0.4, -0.2) is 17.2 Å². The van der Waals surface area contributed by atoms with Gasteiger partial charge in [0.25, 0.3) is 0 Å². The predicted molar refractivity (Wildman–Crippen MR) is 72.8 cm³/mol. The fourth-order valence-corrected chi connectivity index (χ4v) is 2.50. The molecular weight excluding hydrogens is 254 g/mol. The maximum absolute atomic E-state index is 5.76. The van der Waals surface area contributed by atoms with Crippen LogP contribution in [0.2, 0.25) is 4.47 Å². The maximum atomic E-state index is 5.76. The number of aromatic nitrogens is 2. The fraction of sp³-hybridized carbons (Fsp3) is 0.333. The summed E-state index contributed by atoms with van der Waals surface area (Å²) in [5, 5.41) is 8.74. The van der Waals surface area contributed by atoms with Gasteiger partial charge in [-0.2, -0.15) is 0 Å². The number of rotatable bonds is 4. The van der Waals surface area contributed by atoms with Gasteiger partial charge in [-0.15, -0.1) is 10.2 Å². The first-order valence-corrected chi connectivity index (χ1v) is 6.66. The SMILES string of the molecule is CCc1ccc(N(C)Cc2nnc(Cl)s2)cc1. The molecule has 0 bridgehead atoms. The van der Waals surface area contributed by atoms with Crippen molar-refractivity contribution in [3.05, 3.63) is 39.3 Å². The van der Waals surface area contributed by atoms with Gasteiger partial charge >= 0.3 is 0 Å². The lowest BCUT2D eigenvalue weighted by Gasteiger charge is -2.17. The maximum Gasteiger partial charge on any atom is 0.207 e. The van der Waals surface area contributed by atoms with Crippen molar-refractivity contribution in [2.75, 3.05) is 11.9 Å². The van der Waals surface area contributed by atoms with Gasteiger partial charge < -0.3 is 4.90 Å². The van der Waals surface area contributed by atoms with Crippen molar-refractivity contribution in [3.8, 4) is 0 Å². The first-order chi connectivity index (χ1) is 8.19. The van der Waals surface area contributed by atoms with Crippen molar-refractivity contribution in [3.63, 3.8) is 0 Å². The van der Waals surface area contributed by atoms with Crippen molar-refractivity contribution in [1.29, 1.82) is 0 Å². The molecule has 0 aliphatic rings. The van der Waals surface area contributed by atoms with Crippen LogP contribution in [0.5, 0.6) is 0 Å². The molecule has 0 radical (unpaired) electrons. The molecule has 0 atom stereocenters. The number of aryl methyl sites for hydroxylation is 1. The van der Waals surface area contributed by atoms with E-state index in [2.05, 4.69) is 46.3 Å². The van der Waals surface area contributed by atoms with Gasteiger partial charge in [-0.3, -0.25) is 0 Å². The Kier molecular flexibility index (Phi) is 3.97. The van der Waals surface area contributed by atoms with Crippen LogP contribution in [0.1, 0.15) is 17.5 Å². The summed E-state index contributed by atoms with van der Waals surface area (Å²) in [6, 6.07) is 8.56. The highest BCUT2D eigenvalue weighted by Crippen LogP contribution is 2.20. The molecule has 0 aliphatic heterocycles. The van der Waals surface area contributed by atoms with Crippen molar-refractivity contribution in [2.24, 2.45) is 0 Å². The normalized spacial score (nSPS) is 10.5. The molecule has 3 nitrogen and oxygen atoms in total. The lowest BCUT2D eigenvalue weighted by atomic mass is 10.1. The third-order valence-electron chi connectivity index (χ3n) is 2.60. The van der Waals surface area contributed by atoms with Crippen LogP contribution in [0.4, 0.5) is 5.69 Å². The van der Waals surface area contributed by atoms with Crippen molar-refractivity contribution < 1.29 is 0 Å². The van der Waals surface area contributed by atoms with E-state index in [4.69, 9.17) is 11.6 Å². The van der Waals surface area contributed by atoms with Crippen molar-refractivity contribution in [1.82, 2.24) is 10.2 Å². The first-order valence-electron chi connectivity index (χ1n) is 5.47. The summed E-state index contributed by atoms with van der Waals surface area (Å²) in [6.45, 7) is 2.89. The summed E-state index contributed by atoms with van der Waals surface area (Å²) in [5.74, 6) is 0. The highest BCUT2D eigenvalue weighted by molar-refractivity contribution is 7.15. The lowest BCUT2D eigenvalue weighted by molar-refractivity contribution is 0.880. The number of nitrogens with zero attached hydrogens (tertiary/aromatic N) is 3. The second-order valence-corrected chi connectivity index (χ2v) is 5.47. The third kappa shape index (κ3) is 3.17. The first kappa shape index (κ1) is 12.3. The van der Waals surface area contributed by atoms with Gasteiger partial charge in [0.15, 0.2) is 0 Å². The van der Waals surface area contributed by atoms with E-state index in [0.29, 0.717) is 4.47 Å². The zero-order chi connectivity index (χ0) is 12.3. The summed E-state index contributed by atoms with van der Waals surface area (Å²) in [5.41, 5.74) is 2.52. The average Bonchev–Trinajstić information content (AvgIpc) is 2.75. The number of hydrogen-bond acceptors (Lipinski definition) is 4. The molecule has 17 heavy (non-hydrogen) atoms. The molecule has 0 amide bonds. The van der Waals surface area contributed by atoms with Gasteiger partial charge in [0.1, 0.15) is 5.01 Å². The van der Waals surface area contributed by atoms with Crippen LogP contribution in [0.3, 0.4) is 0 Å². The molecule has 2 aromatic rings. The zero-order valence-corrected chi connectivity index (χ0v) is 11.4. The Morgan fingerprint density at radius 1 is 1.24 bits per heavy atom. The molecule has 0 fully saturated rings. The Hall–Kier alpha value is -1.13. The summed E-state index contributed by atoms with van der Waals surface area (Å²) >= 11 is 7.18. The number of hydrogen-bond donors (Lipinski definition) is 0. The van der Waals surface area contributed by atoms with E-state index < -0.39 is 0 Å². The Morgan fingerprint density at radius 3 is 2.47 bits per heavy atom. The molecule has 0 aliphatic carbocycles. The molecule has 5 heteroatoms. The predicted octanol–water partition coefficient (Wildman–Crippen LogP) is 3.39. The molecule has 0 saturated heterocycles. The second-order valence-electron chi connectivity index (χ2n) is 3.82. The van der Waals surface area contributed by atoms with Crippen molar-refractivity contribution in [2.45, 2.75) is 19.9 Å². The Balaban J connectivity index is 2.06. The van der Waals surface area contributed by atoms with Crippen LogP contribution in [-0.2, 0) is 13.0 Å².